The van der Waals surface area contributed by atoms with Crippen LogP contribution in [0.2, 0.25) is 0 Å². The summed E-state index contributed by atoms with van der Waals surface area (Å²) in [5.41, 5.74) is 8.17. The van der Waals surface area contributed by atoms with Crippen LogP contribution in [0.25, 0.3) is 11.0 Å². The molecule has 168 valence electrons. The van der Waals surface area contributed by atoms with Crippen molar-refractivity contribution in [3.8, 4) is 5.75 Å². The highest BCUT2D eigenvalue weighted by Gasteiger charge is 2.35. The summed E-state index contributed by atoms with van der Waals surface area (Å²) in [4.78, 5) is 19.9. The molecule has 1 atom stereocenters. The van der Waals surface area contributed by atoms with E-state index in [1.165, 1.54) is 22.3 Å². The van der Waals surface area contributed by atoms with Crippen LogP contribution in [0, 0.1) is 20.8 Å². The molecule has 1 fully saturated rings. The van der Waals surface area contributed by atoms with E-state index >= 15 is 0 Å². The van der Waals surface area contributed by atoms with E-state index in [4.69, 9.17) is 9.72 Å². The Kier molecular flexibility index (Phi) is 5.41. The molecule has 0 bridgehead atoms. The van der Waals surface area contributed by atoms with Gasteiger partial charge in [-0.15, -0.1) is 0 Å². The summed E-state index contributed by atoms with van der Waals surface area (Å²) in [7, 11) is 1.65. The number of carbonyl (C=O) groups excluding carboxylic acids is 1. The van der Waals surface area contributed by atoms with E-state index in [0.717, 1.165) is 34.8 Å². The minimum absolute atomic E-state index is 0.0399. The third kappa shape index (κ3) is 3.88. The molecule has 2 heterocycles. The van der Waals surface area contributed by atoms with Crippen molar-refractivity contribution < 1.29 is 9.53 Å². The van der Waals surface area contributed by atoms with Crippen molar-refractivity contribution in [2.75, 3.05) is 18.6 Å². The highest BCUT2D eigenvalue weighted by atomic mass is 16.5. The lowest BCUT2D eigenvalue weighted by Crippen LogP contribution is -2.24. The molecule has 0 radical (unpaired) electrons. The van der Waals surface area contributed by atoms with Crippen molar-refractivity contribution in [1.82, 2.24) is 9.55 Å². The maximum absolute atomic E-state index is 13.0. The second-order valence-electron chi connectivity index (χ2n) is 9.03. The number of methoxy groups -OCH3 is 1. The molecule has 1 aliphatic heterocycles. The van der Waals surface area contributed by atoms with E-state index in [1.54, 1.807) is 7.11 Å². The number of para-hydroxylation sites is 2. The topological polar surface area (TPSA) is 47.4 Å². The number of fused-ring (bicyclic) bond motifs is 1. The van der Waals surface area contributed by atoms with Crippen LogP contribution in [0.15, 0.2) is 60.7 Å². The zero-order valence-corrected chi connectivity index (χ0v) is 19.6. The molecular formula is C28H29N3O2. The predicted molar refractivity (Wildman–Crippen MR) is 132 cm³/mol. The van der Waals surface area contributed by atoms with E-state index < -0.39 is 0 Å². The normalized spacial score (nSPS) is 16.1. The van der Waals surface area contributed by atoms with Crippen molar-refractivity contribution in [2.45, 2.75) is 39.7 Å². The van der Waals surface area contributed by atoms with Gasteiger partial charge in [-0.05, 0) is 73.9 Å². The number of aromatic nitrogens is 2. The summed E-state index contributed by atoms with van der Waals surface area (Å²) in [5.74, 6) is 1.94. The fourth-order valence-corrected chi connectivity index (χ4v) is 5.08. The molecule has 0 N–H and O–H groups in total. The summed E-state index contributed by atoms with van der Waals surface area (Å²) in [6.07, 6.45) is 0.460. The maximum atomic E-state index is 13.0. The lowest BCUT2D eigenvalue weighted by Gasteiger charge is -2.19. The second kappa shape index (κ2) is 8.39. The Balaban J connectivity index is 1.53. The fourth-order valence-electron chi connectivity index (χ4n) is 5.08. The van der Waals surface area contributed by atoms with Crippen molar-refractivity contribution in [2.24, 2.45) is 0 Å². The number of carbonyl (C=O) groups is 1. The van der Waals surface area contributed by atoms with Crippen LogP contribution in [0.4, 0.5) is 5.69 Å². The third-order valence-corrected chi connectivity index (χ3v) is 6.71. The molecule has 5 nitrogen and oxygen atoms in total. The van der Waals surface area contributed by atoms with Gasteiger partial charge in [-0.2, -0.15) is 0 Å². The zero-order valence-electron chi connectivity index (χ0n) is 19.6. The maximum Gasteiger partial charge on any atom is 0.227 e. The van der Waals surface area contributed by atoms with Crippen molar-refractivity contribution in [3.63, 3.8) is 0 Å². The first-order valence-corrected chi connectivity index (χ1v) is 11.4. The van der Waals surface area contributed by atoms with Crippen LogP contribution < -0.4 is 9.64 Å². The Bertz CT molecular complexity index is 1310. The first-order valence-electron chi connectivity index (χ1n) is 11.4. The predicted octanol–water partition coefficient (Wildman–Crippen LogP) is 5.54. The van der Waals surface area contributed by atoms with Crippen molar-refractivity contribution in [3.05, 3.63) is 88.7 Å². The van der Waals surface area contributed by atoms with Crippen LogP contribution in [-0.2, 0) is 11.3 Å². The van der Waals surface area contributed by atoms with Gasteiger partial charge in [-0.25, -0.2) is 4.98 Å². The number of benzene rings is 3. The molecule has 5 rings (SSSR count). The molecule has 1 unspecified atom stereocenters. The minimum atomic E-state index is 0.0399. The summed E-state index contributed by atoms with van der Waals surface area (Å²) in [6.45, 7) is 7.87. The van der Waals surface area contributed by atoms with E-state index in [0.29, 0.717) is 13.0 Å². The van der Waals surface area contributed by atoms with E-state index in [1.807, 2.05) is 35.2 Å². The lowest BCUT2D eigenvalue weighted by atomic mass is 9.99. The molecule has 0 spiro atoms. The first kappa shape index (κ1) is 21.3. The van der Waals surface area contributed by atoms with Crippen LogP contribution in [0.1, 0.15) is 40.4 Å². The number of imidazole rings is 1. The number of aryl methyl sites for hydroxylation is 3. The van der Waals surface area contributed by atoms with Gasteiger partial charge < -0.3 is 14.2 Å². The van der Waals surface area contributed by atoms with Gasteiger partial charge in [0.1, 0.15) is 11.6 Å². The molecule has 5 heteroatoms. The van der Waals surface area contributed by atoms with Crippen LogP contribution in [0.5, 0.6) is 5.75 Å². The van der Waals surface area contributed by atoms with Gasteiger partial charge >= 0.3 is 0 Å². The highest BCUT2D eigenvalue weighted by Crippen LogP contribution is 2.34. The number of hydrogen-bond acceptors (Lipinski definition) is 3. The van der Waals surface area contributed by atoms with Gasteiger partial charge in [-0.1, -0.05) is 29.8 Å². The van der Waals surface area contributed by atoms with E-state index in [2.05, 4.69) is 55.7 Å². The molecule has 1 amide bonds. The van der Waals surface area contributed by atoms with Crippen molar-refractivity contribution in [1.29, 1.82) is 0 Å². The monoisotopic (exact) mass is 439 g/mol. The molecule has 3 aromatic carbocycles. The van der Waals surface area contributed by atoms with E-state index in [-0.39, 0.29) is 11.8 Å². The number of hydrogen-bond donors (Lipinski definition) is 0. The second-order valence-corrected chi connectivity index (χ2v) is 9.03. The summed E-state index contributed by atoms with van der Waals surface area (Å²) >= 11 is 0. The lowest BCUT2D eigenvalue weighted by molar-refractivity contribution is -0.117. The Morgan fingerprint density at radius 2 is 1.70 bits per heavy atom. The fraction of sp³-hybridized carbons (Fsp3) is 0.286. The first-order chi connectivity index (χ1) is 15.9. The van der Waals surface area contributed by atoms with Gasteiger partial charge in [0.2, 0.25) is 5.91 Å². The van der Waals surface area contributed by atoms with E-state index in [9.17, 15) is 4.79 Å². The van der Waals surface area contributed by atoms with Gasteiger partial charge in [0.25, 0.3) is 0 Å². The average Bonchev–Trinajstić information content (AvgIpc) is 3.36. The van der Waals surface area contributed by atoms with Gasteiger partial charge in [0.15, 0.2) is 0 Å². The van der Waals surface area contributed by atoms with Gasteiger partial charge in [0, 0.05) is 31.1 Å². The van der Waals surface area contributed by atoms with Gasteiger partial charge in [-0.3, -0.25) is 4.79 Å². The Hall–Kier alpha value is -3.60. The Labute approximate surface area is 194 Å². The molecule has 0 aliphatic carbocycles. The molecule has 1 aromatic heterocycles. The molecular weight excluding hydrogens is 410 g/mol. The van der Waals surface area contributed by atoms with Crippen molar-refractivity contribution >= 4 is 22.6 Å². The largest absolute Gasteiger partial charge is 0.497 e. The Morgan fingerprint density at radius 3 is 2.39 bits per heavy atom. The highest BCUT2D eigenvalue weighted by molar-refractivity contribution is 5.96. The minimum Gasteiger partial charge on any atom is -0.497 e. The molecule has 0 saturated carbocycles. The summed E-state index contributed by atoms with van der Waals surface area (Å²) in [6, 6.07) is 20.4. The number of nitrogens with zero attached hydrogens (tertiary/aromatic N) is 3. The smallest absolute Gasteiger partial charge is 0.227 e. The third-order valence-electron chi connectivity index (χ3n) is 6.71. The number of anilines is 1. The molecule has 4 aromatic rings. The summed E-state index contributed by atoms with van der Waals surface area (Å²) < 4.78 is 7.58. The average molecular weight is 440 g/mol. The molecule has 1 saturated heterocycles. The van der Waals surface area contributed by atoms with Crippen LogP contribution in [-0.4, -0.2) is 29.1 Å². The number of rotatable bonds is 5. The van der Waals surface area contributed by atoms with Gasteiger partial charge in [0.05, 0.1) is 18.1 Å². The quantitative estimate of drug-likeness (QED) is 0.410. The van der Waals surface area contributed by atoms with Crippen LogP contribution in [0.3, 0.4) is 0 Å². The standard InChI is InChI=1S/C28H29N3O2/c1-18-13-19(2)24(20(3)14-18)17-31-26-8-6-5-7-25(26)29-28(31)21-15-27(32)30(16-21)22-9-11-23(33-4)12-10-22/h5-14,21H,15-17H2,1-4H3. The number of ether oxygens (including phenoxy) is 1. The molecule has 1 aliphatic rings. The summed E-state index contributed by atoms with van der Waals surface area (Å²) in [5, 5.41) is 0. The Morgan fingerprint density at radius 1 is 1.00 bits per heavy atom. The zero-order chi connectivity index (χ0) is 23.1. The SMILES string of the molecule is COc1ccc(N2CC(c3nc4ccccc4n3Cc3c(C)cc(C)cc3C)CC2=O)cc1. The van der Waals surface area contributed by atoms with Crippen LogP contribution >= 0.6 is 0 Å². The molecule has 33 heavy (non-hydrogen) atoms. The number of amides is 1.